The number of aromatic hydroxyl groups is 1. The molecule has 0 aliphatic heterocycles. The van der Waals surface area contributed by atoms with Crippen molar-refractivity contribution < 1.29 is 5.11 Å². The van der Waals surface area contributed by atoms with E-state index < -0.39 is 0 Å². The van der Waals surface area contributed by atoms with E-state index in [1.54, 1.807) is 6.20 Å². The summed E-state index contributed by atoms with van der Waals surface area (Å²) in [4.78, 5) is 4.40. The standard InChI is InChI=1S/C17H21N3O/c18-16-5-11-4-12(6-16)8-17(7-11,10-16)20-9-14-13(15(20)21)2-1-3-19-14/h1-3,9,11-12,21H,4-8,10,18H2. The molecule has 4 fully saturated rings. The SMILES string of the molecule is NC12CC3CC(C1)CC(n1cc4ncccc4c1O)(C3)C2. The summed E-state index contributed by atoms with van der Waals surface area (Å²) in [5.41, 5.74) is 7.57. The van der Waals surface area contributed by atoms with Crippen LogP contribution in [0.5, 0.6) is 5.88 Å². The van der Waals surface area contributed by atoms with Gasteiger partial charge < -0.3 is 15.4 Å². The Kier molecular flexibility index (Phi) is 2.07. The second-order valence-electron chi connectivity index (χ2n) is 7.81. The molecule has 0 saturated heterocycles. The van der Waals surface area contributed by atoms with Gasteiger partial charge in [-0.15, -0.1) is 0 Å². The maximum atomic E-state index is 10.7. The molecule has 2 heterocycles. The molecule has 2 unspecified atom stereocenters. The largest absolute Gasteiger partial charge is 0.494 e. The third-order valence-corrected chi connectivity index (χ3v) is 6.15. The Morgan fingerprint density at radius 2 is 2.00 bits per heavy atom. The van der Waals surface area contributed by atoms with Crippen molar-refractivity contribution in [3.63, 3.8) is 0 Å². The molecule has 0 radical (unpaired) electrons. The van der Waals surface area contributed by atoms with Gasteiger partial charge in [0.2, 0.25) is 5.88 Å². The predicted molar refractivity (Wildman–Crippen MR) is 81.0 cm³/mol. The third-order valence-electron chi connectivity index (χ3n) is 6.15. The van der Waals surface area contributed by atoms with Gasteiger partial charge in [-0.3, -0.25) is 4.98 Å². The van der Waals surface area contributed by atoms with Crippen LogP contribution in [0.2, 0.25) is 0 Å². The lowest BCUT2D eigenvalue weighted by Crippen LogP contribution is -2.63. The number of nitrogens with zero attached hydrogens (tertiary/aromatic N) is 2. The Labute approximate surface area is 124 Å². The van der Waals surface area contributed by atoms with Crippen LogP contribution < -0.4 is 5.73 Å². The molecule has 4 saturated carbocycles. The summed E-state index contributed by atoms with van der Waals surface area (Å²) in [6, 6.07) is 3.84. The minimum Gasteiger partial charge on any atom is -0.494 e. The molecule has 4 nitrogen and oxygen atoms in total. The van der Waals surface area contributed by atoms with E-state index in [9.17, 15) is 5.11 Å². The van der Waals surface area contributed by atoms with Gasteiger partial charge in [0, 0.05) is 23.5 Å². The van der Waals surface area contributed by atoms with Crippen LogP contribution in [0.1, 0.15) is 38.5 Å². The first-order chi connectivity index (χ1) is 10.1. The van der Waals surface area contributed by atoms with Crippen LogP contribution in [0.4, 0.5) is 0 Å². The second-order valence-corrected chi connectivity index (χ2v) is 7.81. The van der Waals surface area contributed by atoms with Gasteiger partial charge in [0.05, 0.1) is 10.9 Å². The summed E-state index contributed by atoms with van der Waals surface area (Å²) in [5, 5.41) is 11.6. The van der Waals surface area contributed by atoms with Crippen molar-refractivity contribution in [1.82, 2.24) is 9.55 Å². The van der Waals surface area contributed by atoms with Crippen LogP contribution in [0.15, 0.2) is 24.5 Å². The fraction of sp³-hybridized carbons (Fsp3) is 0.588. The van der Waals surface area contributed by atoms with Gasteiger partial charge in [-0.1, -0.05) is 0 Å². The molecule has 4 aliphatic carbocycles. The molecule has 4 bridgehead atoms. The maximum absolute atomic E-state index is 10.7. The highest BCUT2D eigenvalue weighted by atomic mass is 16.3. The minimum atomic E-state index is -0.0135. The smallest absolute Gasteiger partial charge is 0.201 e. The number of fused-ring (bicyclic) bond motifs is 1. The Balaban J connectivity index is 1.70. The van der Waals surface area contributed by atoms with Gasteiger partial charge in [0.25, 0.3) is 0 Å². The van der Waals surface area contributed by atoms with Crippen molar-refractivity contribution >= 4 is 10.9 Å². The molecule has 4 aliphatic rings. The van der Waals surface area contributed by atoms with Gasteiger partial charge in [-0.2, -0.15) is 0 Å². The van der Waals surface area contributed by atoms with Gasteiger partial charge in [-0.05, 0) is 62.5 Å². The second kappa shape index (κ2) is 3.61. The molecular formula is C17H21N3O. The molecular weight excluding hydrogens is 262 g/mol. The summed E-state index contributed by atoms with van der Waals surface area (Å²) in [7, 11) is 0. The number of rotatable bonds is 1. The van der Waals surface area contributed by atoms with Crippen molar-refractivity contribution in [2.75, 3.05) is 0 Å². The highest BCUT2D eigenvalue weighted by Gasteiger charge is 2.57. The predicted octanol–water partition coefficient (Wildman–Crippen LogP) is 2.75. The molecule has 110 valence electrons. The van der Waals surface area contributed by atoms with Crippen molar-refractivity contribution in [2.24, 2.45) is 17.6 Å². The summed E-state index contributed by atoms with van der Waals surface area (Å²) in [6.45, 7) is 0. The van der Waals surface area contributed by atoms with E-state index in [1.165, 1.54) is 19.3 Å². The van der Waals surface area contributed by atoms with Gasteiger partial charge >= 0.3 is 0 Å². The lowest BCUT2D eigenvalue weighted by atomic mass is 9.50. The van der Waals surface area contributed by atoms with Crippen LogP contribution in [0.25, 0.3) is 10.9 Å². The van der Waals surface area contributed by atoms with Crippen molar-refractivity contribution in [1.29, 1.82) is 0 Å². The Bertz CT molecular complexity index is 721. The summed E-state index contributed by atoms with van der Waals surface area (Å²) < 4.78 is 2.11. The number of nitrogens with two attached hydrogens (primary N) is 1. The lowest BCUT2D eigenvalue weighted by Gasteiger charge is -2.61. The molecule has 4 heteroatoms. The van der Waals surface area contributed by atoms with Crippen LogP contribution in [0, 0.1) is 11.8 Å². The Morgan fingerprint density at radius 3 is 2.67 bits per heavy atom. The zero-order chi connectivity index (χ0) is 14.2. The molecule has 2 aromatic heterocycles. The first kappa shape index (κ1) is 12.0. The van der Waals surface area contributed by atoms with E-state index >= 15 is 0 Å². The summed E-state index contributed by atoms with van der Waals surface area (Å²) in [6.07, 6.45) is 10.8. The third kappa shape index (κ3) is 1.51. The quantitative estimate of drug-likeness (QED) is 0.846. The van der Waals surface area contributed by atoms with Crippen LogP contribution >= 0.6 is 0 Å². The molecule has 21 heavy (non-hydrogen) atoms. The monoisotopic (exact) mass is 283 g/mol. The average Bonchev–Trinajstić information content (AvgIpc) is 2.75. The molecule has 0 spiro atoms. The zero-order valence-electron chi connectivity index (χ0n) is 12.1. The molecule has 0 aromatic carbocycles. The molecule has 3 N–H and O–H groups in total. The van der Waals surface area contributed by atoms with Gasteiger partial charge in [0.15, 0.2) is 0 Å². The average molecular weight is 283 g/mol. The molecule has 6 rings (SSSR count). The van der Waals surface area contributed by atoms with Crippen molar-refractivity contribution in [3.05, 3.63) is 24.5 Å². The lowest BCUT2D eigenvalue weighted by molar-refractivity contribution is -0.0597. The van der Waals surface area contributed by atoms with E-state index in [-0.39, 0.29) is 11.1 Å². The van der Waals surface area contributed by atoms with E-state index in [2.05, 4.69) is 9.55 Å². The number of hydrogen-bond donors (Lipinski definition) is 2. The number of aromatic nitrogens is 2. The number of pyridine rings is 1. The Morgan fingerprint density at radius 1 is 1.24 bits per heavy atom. The summed E-state index contributed by atoms with van der Waals surface area (Å²) in [5.74, 6) is 1.84. The topological polar surface area (TPSA) is 64.1 Å². The van der Waals surface area contributed by atoms with Gasteiger partial charge in [0.1, 0.15) is 0 Å². The minimum absolute atomic E-state index is 0.0135. The highest BCUT2D eigenvalue weighted by molar-refractivity contribution is 5.84. The van der Waals surface area contributed by atoms with Crippen LogP contribution in [-0.4, -0.2) is 20.2 Å². The van der Waals surface area contributed by atoms with E-state index in [4.69, 9.17) is 5.73 Å². The van der Waals surface area contributed by atoms with E-state index in [0.29, 0.717) is 5.88 Å². The molecule has 2 aromatic rings. The first-order valence-corrected chi connectivity index (χ1v) is 8.01. The summed E-state index contributed by atoms with van der Waals surface area (Å²) >= 11 is 0. The fourth-order valence-corrected chi connectivity index (χ4v) is 5.95. The van der Waals surface area contributed by atoms with Gasteiger partial charge in [-0.25, -0.2) is 0 Å². The Hall–Kier alpha value is -1.55. The maximum Gasteiger partial charge on any atom is 0.201 e. The fourth-order valence-electron chi connectivity index (χ4n) is 5.95. The molecule has 2 atom stereocenters. The molecule has 0 amide bonds. The number of hydrogen-bond acceptors (Lipinski definition) is 3. The zero-order valence-corrected chi connectivity index (χ0v) is 12.1. The van der Waals surface area contributed by atoms with Crippen molar-refractivity contribution in [3.8, 4) is 5.88 Å². The normalized spacial score (nSPS) is 41.0. The van der Waals surface area contributed by atoms with Crippen LogP contribution in [-0.2, 0) is 5.54 Å². The van der Waals surface area contributed by atoms with E-state index in [1.807, 2.05) is 18.3 Å². The van der Waals surface area contributed by atoms with Crippen LogP contribution in [0.3, 0.4) is 0 Å². The first-order valence-electron chi connectivity index (χ1n) is 8.01. The van der Waals surface area contributed by atoms with E-state index in [0.717, 1.165) is 42.0 Å². The highest BCUT2D eigenvalue weighted by Crippen LogP contribution is 2.60. The van der Waals surface area contributed by atoms with Crippen molar-refractivity contribution in [2.45, 2.75) is 49.6 Å².